The Morgan fingerprint density at radius 2 is 2.05 bits per heavy atom. The molecular weight excluding hydrogens is 240 g/mol. The Morgan fingerprint density at radius 1 is 1.21 bits per heavy atom. The van der Waals surface area contributed by atoms with Gasteiger partial charge in [0.1, 0.15) is 6.61 Å². The van der Waals surface area contributed by atoms with Gasteiger partial charge < -0.3 is 15.0 Å². The summed E-state index contributed by atoms with van der Waals surface area (Å²) in [5, 5.41) is 3.29. The van der Waals surface area contributed by atoms with Gasteiger partial charge in [-0.05, 0) is 24.9 Å². The molecule has 0 aromatic heterocycles. The molecule has 0 radical (unpaired) electrons. The third kappa shape index (κ3) is 5.01. The van der Waals surface area contributed by atoms with Crippen molar-refractivity contribution < 1.29 is 9.53 Å². The number of hydrogen-bond acceptors (Lipinski definition) is 3. The second-order valence-electron chi connectivity index (χ2n) is 4.77. The van der Waals surface area contributed by atoms with Crippen LogP contribution in [-0.4, -0.2) is 50.2 Å². The van der Waals surface area contributed by atoms with Crippen molar-refractivity contribution in [1.82, 2.24) is 10.2 Å². The summed E-state index contributed by atoms with van der Waals surface area (Å²) in [6.07, 6.45) is 1.88. The van der Waals surface area contributed by atoms with Crippen molar-refractivity contribution in [3.05, 3.63) is 35.9 Å². The maximum atomic E-state index is 11.9. The normalized spacial score (nSPS) is 16.1. The molecule has 2 rings (SSSR count). The van der Waals surface area contributed by atoms with E-state index in [4.69, 9.17) is 4.74 Å². The minimum absolute atomic E-state index is 0.108. The molecule has 4 nitrogen and oxygen atoms in total. The predicted octanol–water partition coefficient (Wildman–Crippen LogP) is 1.07. The number of amides is 1. The summed E-state index contributed by atoms with van der Waals surface area (Å²) in [6.45, 7) is 4.32. The number of nitrogens with zero attached hydrogens (tertiary/aromatic N) is 1. The summed E-state index contributed by atoms with van der Waals surface area (Å²) < 4.78 is 5.48. The summed E-state index contributed by atoms with van der Waals surface area (Å²) >= 11 is 0. The average Bonchev–Trinajstić information content (AvgIpc) is 2.73. The molecule has 1 aliphatic heterocycles. The van der Waals surface area contributed by atoms with E-state index in [0.29, 0.717) is 6.61 Å². The molecular formula is C15H22N2O2. The highest BCUT2D eigenvalue weighted by Gasteiger charge is 2.14. The number of carbonyl (C=O) groups is 1. The Labute approximate surface area is 114 Å². The molecule has 1 N–H and O–H groups in total. The fraction of sp³-hybridized carbons (Fsp3) is 0.533. The van der Waals surface area contributed by atoms with E-state index in [2.05, 4.69) is 17.4 Å². The topological polar surface area (TPSA) is 41.6 Å². The van der Waals surface area contributed by atoms with Crippen LogP contribution in [0.2, 0.25) is 0 Å². The molecule has 104 valence electrons. The Hall–Kier alpha value is -1.39. The third-order valence-corrected chi connectivity index (χ3v) is 3.30. The summed E-state index contributed by atoms with van der Waals surface area (Å²) in [5.41, 5.74) is 1.24. The standard InChI is InChI=1S/C15H22N2O2/c18-15(17-10-4-8-16-9-11-17)13-19-12-7-14-5-2-1-3-6-14/h1-3,5-6,16H,4,7-13H2. The largest absolute Gasteiger partial charge is 0.371 e. The summed E-state index contributed by atoms with van der Waals surface area (Å²) in [5.74, 6) is 0.108. The van der Waals surface area contributed by atoms with Crippen LogP contribution in [-0.2, 0) is 16.0 Å². The van der Waals surface area contributed by atoms with Crippen LogP contribution in [0.25, 0.3) is 0 Å². The highest BCUT2D eigenvalue weighted by molar-refractivity contribution is 5.77. The molecule has 0 aliphatic carbocycles. The third-order valence-electron chi connectivity index (χ3n) is 3.30. The lowest BCUT2D eigenvalue weighted by atomic mass is 10.2. The van der Waals surface area contributed by atoms with Crippen molar-refractivity contribution in [3.63, 3.8) is 0 Å². The number of rotatable bonds is 5. The second-order valence-corrected chi connectivity index (χ2v) is 4.77. The maximum Gasteiger partial charge on any atom is 0.248 e. The second kappa shape index (κ2) is 7.92. The van der Waals surface area contributed by atoms with Crippen molar-refractivity contribution in [3.8, 4) is 0 Å². The van der Waals surface area contributed by atoms with E-state index >= 15 is 0 Å². The molecule has 1 amide bonds. The molecule has 1 saturated heterocycles. The molecule has 0 atom stereocenters. The van der Waals surface area contributed by atoms with Crippen LogP contribution >= 0.6 is 0 Å². The van der Waals surface area contributed by atoms with Gasteiger partial charge in [0, 0.05) is 19.6 Å². The van der Waals surface area contributed by atoms with Gasteiger partial charge in [-0.3, -0.25) is 4.79 Å². The first-order valence-corrected chi connectivity index (χ1v) is 6.96. The summed E-state index contributed by atoms with van der Waals surface area (Å²) in [7, 11) is 0. The number of benzene rings is 1. The quantitative estimate of drug-likeness (QED) is 0.807. The van der Waals surface area contributed by atoms with Gasteiger partial charge in [-0.25, -0.2) is 0 Å². The first-order chi connectivity index (χ1) is 9.36. The zero-order chi connectivity index (χ0) is 13.3. The van der Waals surface area contributed by atoms with E-state index in [0.717, 1.165) is 39.0 Å². The van der Waals surface area contributed by atoms with Gasteiger partial charge in [-0.1, -0.05) is 30.3 Å². The lowest BCUT2D eigenvalue weighted by Gasteiger charge is -2.19. The molecule has 1 aromatic rings. The first kappa shape index (κ1) is 14.0. The lowest BCUT2D eigenvalue weighted by molar-refractivity contribution is -0.135. The number of carbonyl (C=O) groups excluding carboxylic acids is 1. The zero-order valence-electron chi connectivity index (χ0n) is 11.3. The maximum absolute atomic E-state index is 11.9. The van der Waals surface area contributed by atoms with Crippen molar-refractivity contribution in [2.75, 3.05) is 39.4 Å². The van der Waals surface area contributed by atoms with Crippen molar-refractivity contribution >= 4 is 5.91 Å². The van der Waals surface area contributed by atoms with Gasteiger partial charge >= 0.3 is 0 Å². The van der Waals surface area contributed by atoms with Crippen LogP contribution in [0.3, 0.4) is 0 Å². The average molecular weight is 262 g/mol. The Kier molecular flexibility index (Phi) is 5.85. The van der Waals surface area contributed by atoms with Gasteiger partial charge in [0.25, 0.3) is 0 Å². The molecule has 1 aromatic carbocycles. The van der Waals surface area contributed by atoms with Gasteiger partial charge in [0.05, 0.1) is 6.61 Å². The van der Waals surface area contributed by atoms with Crippen LogP contribution in [0, 0.1) is 0 Å². The molecule has 1 fully saturated rings. The molecule has 0 bridgehead atoms. The Bertz CT molecular complexity index is 373. The number of ether oxygens (including phenoxy) is 1. The minimum atomic E-state index is 0.108. The number of nitrogens with one attached hydrogen (secondary N) is 1. The highest BCUT2D eigenvalue weighted by atomic mass is 16.5. The van der Waals surface area contributed by atoms with E-state index in [1.54, 1.807) is 0 Å². The lowest BCUT2D eigenvalue weighted by Crippen LogP contribution is -2.36. The van der Waals surface area contributed by atoms with Crippen LogP contribution in [0.15, 0.2) is 30.3 Å². The van der Waals surface area contributed by atoms with Crippen LogP contribution < -0.4 is 5.32 Å². The molecule has 1 aliphatic rings. The van der Waals surface area contributed by atoms with E-state index < -0.39 is 0 Å². The Balaban J connectivity index is 1.63. The monoisotopic (exact) mass is 262 g/mol. The minimum Gasteiger partial charge on any atom is -0.371 e. The van der Waals surface area contributed by atoms with Crippen molar-refractivity contribution in [2.24, 2.45) is 0 Å². The number of hydrogen-bond donors (Lipinski definition) is 1. The fourth-order valence-corrected chi connectivity index (χ4v) is 2.18. The summed E-state index contributed by atoms with van der Waals surface area (Å²) in [4.78, 5) is 13.8. The Morgan fingerprint density at radius 3 is 2.89 bits per heavy atom. The van der Waals surface area contributed by atoms with E-state index in [1.807, 2.05) is 23.1 Å². The molecule has 1 heterocycles. The van der Waals surface area contributed by atoms with Crippen LogP contribution in [0.1, 0.15) is 12.0 Å². The highest BCUT2D eigenvalue weighted by Crippen LogP contribution is 2.01. The fourth-order valence-electron chi connectivity index (χ4n) is 2.18. The van der Waals surface area contributed by atoms with E-state index in [1.165, 1.54) is 5.56 Å². The molecule has 19 heavy (non-hydrogen) atoms. The van der Waals surface area contributed by atoms with Gasteiger partial charge in [-0.2, -0.15) is 0 Å². The van der Waals surface area contributed by atoms with Gasteiger partial charge in [0.15, 0.2) is 0 Å². The SMILES string of the molecule is O=C(COCCc1ccccc1)N1CCCNCC1. The smallest absolute Gasteiger partial charge is 0.248 e. The van der Waals surface area contributed by atoms with E-state index in [-0.39, 0.29) is 12.5 Å². The molecule has 0 saturated carbocycles. The van der Waals surface area contributed by atoms with Gasteiger partial charge in [-0.15, -0.1) is 0 Å². The van der Waals surface area contributed by atoms with Gasteiger partial charge in [0.2, 0.25) is 5.91 Å². The van der Waals surface area contributed by atoms with Crippen LogP contribution in [0.5, 0.6) is 0 Å². The molecule has 4 heteroatoms. The van der Waals surface area contributed by atoms with Crippen molar-refractivity contribution in [1.29, 1.82) is 0 Å². The first-order valence-electron chi connectivity index (χ1n) is 6.96. The van der Waals surface area contributed by atoms with E-state index in [9.17, 15) is 4.79 Å². The van der Waals surface area contributed by atoms with Crippen molar-refractivity contribution in [2.45, 2.75) is 12.8 Å². The predicted molar refractivity (Wildman–Crippen MR) is 75.0 cm³/mol. The summed E-state index contributed by atoms with van der Waals surface area (Å²) in [6, 6.07) is 10.2. The molecule has 0 unspecified atom stereocenters. The van der Waals surface area contributed by atoms with Crippen LogP contribution in [0.4, 0.5) is 0 Å². The zero-order valence-corrected chi connectivity index (χ0v) is 11.3. The molecule has 0 spiro atoms.